The number of aliphatic hydroxyl groups is 2. The summed E-state index contributed by atoms with van der Waals surface area (Å²) in [5.74, 6) is -9.51. The summed E-state index contributed by atoms with van der Waals surface area (Å²) >= 11 is 0. The van der Waals surface area contributed by atoms with Crippen LogP contribution in [0.4, 0.5) is 43.9 Å². The van der Waals surface area contributed by atoms with Gasteiger partial charge in [0.15, 0.2) is 0 Å². The Hall–Kier alpha value is -0.940. The summed E-state index contributed by atoms with van der Waals surface area (Å²) in [6.45, 7) is -4.22. The lowest BCUT2D eigenvalue weighted by atomic mass is 10.1. The second-order valence-corrected chi connectivity index (χ2v) is 7.88. The molecule has 0 bridgehead atoms. The molecule has 6 nitrogen and oxygen atoms in total. The van der Waals surface area contributed by atoms with Crippen LogP contribution in [0.25, 0.3) is 0 Å². The molecule has 2 atom stereocenters. The Morgan fingerprint density at radius 1 is 0.514 bits per heavy atom. The van der Waals surface area contributed by atoms with Gasteiger partial charge >= 0.3 is 12.4 Å². The molecule has 0 aliphatic rings. The van der Waals surface area contributed by atoms with Crippen LogP contribution in [0.2, 0.25) is 0 Å². The van der Waals surface area contributed by atoms with Crippen molar-refractivity contribution < 1.29 is 73.1 Å². The van der Waals surface area contributed by atoms with Crippen molar-refractivity contribution in [1.29, 1.82) is 0 Å². The van der Waals surface area contributed by atoms with Gasteiger partial charge in [0.2, 0.25) is 0 Å². The molecule has 0 aromatic carbocycles. The lowest BCUT2D eigenvalue weighted by Crippen LogP contribution is -2.32. The predicted octanol–water partition coefficient (Wildman–Crippen LogP) is 3.84. The molecule has 0 radical (unpaired) electrons. The summed E-state index contributed by atoms with van der Waals surface area (Å²) in [4.78, 5) is 0. The highest BCUT2D eigenvalue weighted by Crippen LogP contribution is 2.34. The first kappa shape index (κ1) is 34.1. The molecule has 0 spiro atoms. The molecular formula is C19H30F10O6. The standard InChI is InChI=1S/C19H30F10O6/c20-16(21,11-18(24,25)26)1-2-32-7-14(5-30)8-33-3-4-34-9-15(6-31)10-35-13-17(22,23)12-19(27,28)29/h14-15,30-31H,1-13H2. The molecule has 0 aromatic heterocycles. The predicted molar refractivity (Wildman–Crippen MR) is 100 cm³/mol. The van der Waals surface area contributed by atoms with Gasteiger partial charge in [0, 0.05) is 18.3 Å². The van der Waals surface area contributed by atoms with E-state index < -0.39 is 88.3 Å². The van der Waals surface area contributed by atoms with E-state index in [0.29, 0.717) is 0 Å². The Morgan fingerprint density at radius 3 is 1.29 bits per heavy atom. The van der Waals surface area contributed by atoms with Crippen molar-refractivity contribution in [3.63, 3.8) is 0 Å². The maximum absolute atomic E-state index is 13.1. The number of aliphatic hydroxyl groups excluding tert-OH is 2. The third kappa shape index (κ3) is 20.9. The first-order chi connectivity index (χ1) is 16.0. The van der Waals surface area contributed by atoms with Gasteiger partial charge in [-0.25, -0.2) is 17.6 Å². The van der Waals surface area contributed by atoms with E-state index in [-0.39, 0.29) is 33.0 Å². The second-order valence-electron chi connectivity index (χ2n) is 7.88. The third-order valence-corrected chi connectivity index (χ3v) is 4.15. The van der Waals surface area contributed by atoms with Crippen LogP contribution < -0.4 is 0 Å². The molecule has 16 heteroatoms. The monoisotopic (exact) mass is 544 g/mol. The van der Waals surface area contributed by atoms with Crippen LogP contribution in [0.15, 0.2) is 0 Å². The summed E-state index contributed by atoms with van der Waals surface area (Å²) in [5.41, 5.74) is 0. The quantitative estimate of drug-likeness (QED) is 0.179. The molecule has 0 aliphatic carbocycles. The van der Waals surface area contributed by atoms with E-state index in [2.05, 4.69) is 4.74 Å². The van der Waals surface area contributed by atoms with Gasteiger partial charge in [0.05, 0.1) is 59.5 Å². The molecular weight excluding hydrogens is 514 g/mol. The summed E-state index contributed by atoms with van der Waals surface area (Å²) in [7, 11) is 0. The Morgan fingerprint density at radius 2 is 0.886 bits per heavy atom. The molecule has 0 saturated carbocycles. The first-order valence-electron chi connectivity index (χ1n) is 10.4. The molecule has 0 rings (SSSR count). The van der Waals surface area contributed by atoms with Crippen molar-refractivity contribution >= 4 is 0 Å². The Balaban J connectivity index is 3.96. The minimum absolute atomic E-state index is 0.0389. The molecule has 0 saturated heterocycles. The minimum atomic E-state index is -5.06. The van der Waals surface area contributed by atoms with Gasteiger partial charge in [0.1, 0.15) is 19.4 Å². The van der Waals surface area contributed by atoms with Gasteiger partial charge in [-0.2, -0.15) is 26.3 Å². The van der Waals surface area contributed by atoms with Crippen LogP contribution in [0.1, 0.15) is 19.3 Å². The minimum Gasteiger partial charge on any atom is -0.396 e. The lowest BCUT2D eigenvalue weighted by molar-refractivity contribution is -0.203. The zero-order valence-corrected chi connectivity index (χ0v) is 18.7. The fourth-order valence-corrected chi connectivity index (χ4v) is 2.50. The number of halogens is 10. The van der Waals surface area contributed by atoms with E-state index in [9.17, 15) is 49.0 Å². The molecule has 212 valence electrons. The van der Waals surface area contributed by atoms with Crippen molar-refractivity contribution in [3.8, 4) is 0 Å². The molecule has 2 unspecified atom stereocenters. The normalized spacial score (nSPS) is 15.4. The molecule has 0 heterocycles. The number of hydrogen-bond acceptors (Lipinski definition) is 6. The number of ether oxygens (including phenoxy) is 4. The third-order valence-electron chi connectivity index (χ3n) is 4.15. The van der Waals surface area contributed by atoms with Gasteiger partial charge < -0.3 is 29.2 Å². The summed E-state index contributed by atoms with van der Waals surface area (Å²) in [6, 6.07) is 0. The van der Waals surface area contributed by atoms with E-state index >= 15 is 0 Å². The molecule has 2 N–H and O–H groups in total. The second kappa shape index (κ2) is 16.0. The van der Waals surface area contributed by atoms with Crippen molar-refractivity contribution in [2.75, 3.05) is 66.1 Å². The zero-order chi connectivity index (χ0) is 27.2. The van der Waals surface area contributed by atoms with Gasteiger partial charge in [-0.05, 0) is 0 Å². The summed E-state index contributed by atoms with van der Waals surface area (Å²) in [5, 5.41) is 18.4. The fourth-order valence-electron chi connectivity index (χ4n) is 2.50. The molecule has 0 aromatic rings. The van der Waals surface area contributed by atoms with Crippen LogP contribution in [-0.2, 0) is 18.9 Å². The van der Waals surface area contributed by atoms with E-state index in [1.54, 1.807) is 0 Å². The average molecular weight is 544 g/mol. The Labute approximate surface area is 195 Å². The molecule has 35 heavy (non-hydrogen) atoms. The van der Waals surface area contributed by atoms with Gasteiger partial charge in [-0.15, -0.1) is 0 Å². The summed E-state index contributed by atoms with van der Waals surface area (Å²) < 4.78 is 144. The number of alkyl halides is 10. The maximum Gasteiger partial charge on any atom is 0.394 e. The maximum atomic E-state index is 13.1. The zero-order valence-electron chi connectivity index (χ0n) is 18.7. The highest BCUT2D eigenvalue weighted by molar-refractivity contribution is 4.71. The van der Waals surface area contributed by atoms with Gasteiger partial charge in [0.25, 0.3) is 11.8 Å². The van der Waals surface area contributed by atoms with Gasteiger partial charge in [-0.3, -0.25) is 0 Å². The lowest BCUT2D eigenvalue weighted by Gasteiger charge is -2.20. The number of hydrogen-bond donors (Lipinski definition) is 2. The fraction of sp³-hybridized carbons (Fsp3) is 1.00. The molecule has 0 amide bonds. The number of rotatable bonds is 20. The van der Waals surface area contributed by atoms with Crippen LogP contribution in [0.5, 0.6) is 0 Å². The average Bonchev–Trinajstić information content (AvgIpc) is 2.66. The van der Waals surface area contributed by atoms with Crippen molar-refractivity contribution in [2.24, 2.45) is 11.8 Å². The van der Waals surface area contributed by atoms with E-state index in [1.165, 1.54) is 0 Å². The van der Waals surface area contributed by atoms with Crippen LogP contribution in [0.3, 0.4) is 0 Å². The van der Waals surface area contributed by atoms with Crippen LogP contribution in [-0.4, -0.2) is 100 Å². The highest BCUT2D eigenvalue weighted by Gasteiger charge is 2.44. The first-order valence-corrected chi connectivity index (χ1v) is 10.4. The van der Waals surface area contributed by atoms with Crippen LogP contribution in [0, 0.1) is 11.8 Å². The Kier molecular flexibility index (Phi) is 15.6. The molecule has 0 aliphatic heterocycles. The topological polar surface area (TPSA) is 77.4 Å². The van der Waals surface area contributed by atoms with Crippen LogP contribution >= 0.6 is 0 Å². The van der Waals surface area contributed by atoms with Crippen molar-refractivity contribution in [3.05, 3.63) is 0 Å². The van der Waals surface area contributed by atoms with Gasteiger partial charge in [-0.1, -0.05) is 0 Å². The van der Waals surface area contributed by atoms with E-state index in [1.807, 2.05) is 0 Å². The Bertz CT molecular complexity index is 545. The smallest absolute Gasteiger partial charge is 0.394 e. The SMILES string of the molecule is OCC(COCCOCC(CO)COCC(F)(F)CC(F)(F)F)COCCC(F)(F)CC(F)(F)F. The van der Waals surface area contributed by atoms with Crippen molar-refractivity contribution in [2.45, 2.75) is 43.5 Å². The van der Waals surface area contributed by atoms with E-state index in [4.69, 9.17) is 19.3 Å². The summed E-state index contributed by atoms with van der Waals surface area (Å²) in [6.07, 6.45) is -15.8. The van der Waals surface area contributed by atoms with E-state index in [0.717, 1.165) is 0 Å². The highest BCUT2D eigenvalue weighted by atomic mass is 19.4. The van der Waals surface area contributed by atoms with Crippen molar-refractivity contribution in [1.82, 2.24) is 0 Å². The largest absolute Gasteiger partial charge is 0.396 e. The molecule has 0 fully saturated rings.